The van der Waals surface area contributed by atoms with E-state index >= 15 is 0 Å². The number of ether oxygens (including phenoxy) is 2. The van der Waals surface area contributed by atoms with Gasteiger partial charge in [0.15, 0.2) is 5.82 Å². The maximum atomic E-state index is 6.14. The highest BCUT2D eigenvalue weighted by atomic mass is 32.1. The van der Waals surface area contributed by atoms with Crippen LogP contribution in [0.3, 0.4) is 0 Å². The Balaban J connectivity index is 1.72. The van der Waals surface area contributed by atoms with E-state index in [1.54, 1.807) is 11.3 Å². The molecule has 0 radical (unpaired) electrons. The van der Waals surface area contributed by atoms with Crippen LogP contribution in [0.2, 0.25) is 0 Å². The minimum atomic E-state index is 0.667. The van der Waals surface area contributed by atoms with Gasteiger partial charge in [-0.2, -0.15) is 4.98 Å². The van der Waals surface area contributed by atoms with E-state index in [2.05, 4.69) is 13.8 Å². The van der Waals surface area contributed by atoms with E-state index in [0.717, 1.165) is 54.6 Å². The molecule has 1 saturated heterocycles. The summed E-state index contributed by atoms with van der Waals surface area (Å²) in [6.07, 6.45) is 0. The number of aromatic nitrogens is 2. The Hall–Kier alpha value is -2.02. The number of quaternary nitrogens is 1. The van der Waals surface area contributed by atoms with Gasteiger partial charge >= 0.3 is 0 Å². The average Bonchev–Trinajstić information content (AvgIpc) is 2.91. The van der Waals surface area contributed by atoms with Crippen molar-refractivity contribution in [2.75, 3.05) is 26.3 Å². The molecule has 1 N–H and O–H groups in total. The molecular formula is C19H22N3O2S+. The third-order valence-corrected chi connectivity index (χ3v) is 5.71. The molecule has 2 aromatic heterocycles. The van der Waals surface area contributed by atoms with Gasteiger partial charge in [0.2, 0.25) is 5.88 Å². The first-order valence-electron chi connectivity index (χ1n) is 8.61. The SMILES string of the molecule is Cc1sc2nc(C[NH+]3CCOCC3)nc(Oc3ccccc3)c2c1C. The molecule has 0 amide bonds. The van der Waals surface area contributed by atoms with E-state index in [4.69, 9.17) is 19.4 Å². The average molecular weight is 356 g/mol. The van der Waals surface area contributed by atoms with Crippen molar-refractivity contribution in [3.63, 3.8) is 0 Å². The summed E-state index contributed by atoms with van der Waals surface area (Å²) in [5.74, 6) is 2.31. The van der Waals surface area contributed by atoms with Gasteiger partial charge in [-0.25, -0.2) is 4.98 Å². The second-order valence-electron chi connectivity index (χ2n) is 6.36. The number of aryl methyl sites for hydroxylation is 2. The summed E-state index contributed by atoms with van der Waals surface area (Å²) in [7, 11) is 0. The topological polar surface area (TPSA) is 48.7 Å². The fourth-order valence-electron chi connectivity index (χ4n) is 3.07. The molecule has 0 aliphatic carbocycles. The number of benzene rings is 1. The number of nitrogens with zero attached hydrogens (tertiary/aromatic N) is 2. The standard InChI is InChI=1S/C19H21N3O2S/c1-13-14(2)25-19-17(13)18(24-15-6-4-3-5-7-15)20-16(21-19)12-22-8-10-23-11-9-22/h3-7H,8-12H2,1-2H3/p+1. The lowest BCUT2D eigenvalue weighted by atomic mass is 10.2. The number of para-hydroxylation sites is 1. The van der Waals surface area contributed by atoms with E-state index < -0.39 is 0 Å². The van der Waals surface area contributed by atoms with Crippen LogP contribution in [0.5, 0.6) is 11.6 Å². The summed E-state index contributed by atoms with van der Waals surface area (Å²) in [5, 5.41) is 1.03. The van der Waals surface area contributed by atoms with Gasteiger partial charge in [-0.15, -0.1) is 11.3 Å². The lowest BCUT2D eigenvalue weighted by Gasteiger charge is -2.23. The van der Waals surface area contributed by atoms with E-state index in [0.29, 0.717) is 5.88 Å². The summed E-state index contributed by atoms with van der Waals surface area (Å²) >= 11 is 1.71. The van der Waals surface area contributed by atoms with Crippen molar-refractivity contribution in [3.05, 3.63) is 46.6 Å². The first-order chi connectivity index (χ1) is 12.2. The minimum absolute atomic E-state index is 0.667. The first-order valence-corrected chi connectivity index (χ1v) is 9.43. The zero-order valence-corrected chi connectivity index (χ0v) is 15.4. The van der Waals surface area contributed by atoms with Gasteiger partial charge in [0.05, 0.1) is 18.6 Å². The molecule has 3 heterocycles. The molecule has 0 unspecified atom stereocenters. The monoisotopic (exact) mass is 356 g/mol. The van der Waals surface area contributed by atoms with Crippen molar-refractivity contribution in [1.82, 2.24) is 9.97 Å². The number of thiophene rings is 1. The maximum Gasteiger partial charge on any atom is 0.231 e. The molecular weight excluding hydrogens is 334 g/mol. The Morgan fingerprint density at radius 3 is 2.64 bits per heavy atom. The van der Waals surface area contributed by atoms with Crippen LogP contribution in [0.25, 0.3) is 10.2 Å². The lowest BCUT2D eigenvalue weighted by Crippen LogP contribution is -3.12. The van der Waals surface area contributed by atoms with Gasteiger partial charge < -0.3 is 14.4 Å². The number of nitrogens with one attached hydrogen (secondary N) is 1. The van der Waals surface area contributed by atoms with Crippen molar-refractivity contribution in [3.8, 4) is 11.6 Å². The smallest absolute Gasteiger partial charge is 0.231 e. The highest BCUT2D eigenvalue weighted by Crippen LogP contribution is 2.36. The molecule has 130 valence electrons. The molecule has 1 aromatic carbocycles. The molecule has 0 atom stereocenters. The van der Waals surface area contributed by atoms with Gasteiger partial charge in [0, 0.05) is 4.88 Å². The molecule has 1 fully saturated rings. The largest absolute Gasteiger partial charge is 0.438 e. The Morgan fingerprint density at radius 2 is 1.88 bits per heavy atom. The normalized spacial score (nSPS) is 15.6. The molecule has 0 saturated carbocycles. The van der Waals surface area contributed by atoms with Crippen LogP contribution in [-0.4, -0.2) is 36.3 Å². The number of morpholine rings is 1. The van der Waals surface area contributed by atoms with Crippen LogP contribution in [0.15, 0.2) is 30.3 Å². The Kier molecular flexibility index (Phi) is 4.65. The Morgan fingerprint density at radius 1 is 1.12 bits per heavy atom. The quantitative estimate of drug-likeness (QED) is 0.780. The fourth-order valence-corrected chi connectivity index (χ4v) is 4.11. The van der Waals surface area contributed by atoms with E-state index in [-0.39, 0.29) is 0 Å². The second-order valence-corrected chi connectivity index (χ2v) is 7.57. The molecule has 1 aliphatic heterocycles. The van der Waals surface area contributed by atoms with Crippen LogP contribution in [0.4, 0.5) is 0 Å². The zero-order valence-electron chi connectivity index (χ0n) is 14.5. The molecule has 3 aromatic rings. The number of rotatable bonds is 4. The van der Waals surface area contributed by atoms with E-state index in [1.807, 2.05) is 30.3 Å². The summed E-state index contributed by atoms with van der Waals surface area (Å²) in [6, 6.07) is 9.83. The molecule has 0 bridgehead atoms. The minimum Gasteiger partial charge on any atom is -0.438 e. The number of hydrogen-bond donors (Lipinski definition) is 1. The van der Waals surface area contributed by atoms with Crippen molar-refractivity contribution >= 4 is 21.6 Å². The highest BCUT2D eigenvalue weighted by molar-refractivity contribution is 7.18. The molecule has 1 aliphatic rings. The summed E-state index contributed by atoms with van der Waals surface area (Å²) in [5.41, 5.74) is 1.20. The first kappa shape index (κ1) is 16.4. The van der Waals surface area contributed by atoms with Crippen LogP contribution in [0, 0.1) is 13.8 Å². The van der Waals surface area contributed by atoms with Crippen molar-refractivity contribution in [2.45, 2.75) is 20.4 Å². The van der Waals surface area contributed by atoms with Crippen molar-refractivity contribution in [1.29, 1.82) is 0 Å². The van der Waals surface area contributed by atoms with Crippen molar-refractivity contribution in [2.24, 2.45) is 0 Å². The predicted molar refractivity (Wildman–Crippen MR) is 98.6 cm³/mol. The molecule has 6 heteroatoms. The summed E-state index contributed by atoms with van der Waals surface area (Å²) in [6.45, 7) is 8.66. The second kappa shape index (κ2) is 7.07. The summed E-state index contributed by atoms with van der Waals surface area (Å²) in [4.78, 5) is 13.3. The van der Waals surface area contributed by atoms with Crippen LogP contribution >= 0.6 is 11.3 Å². The third kappa shape index (κ3) is 3.51. The third-order valence-electron chi connectivity index (χ3n) is 4.61. The van der Waals surface area contributed by atoms with Gasteiger partial charge in [-0.3, -0.25) is 0 Å². The van der Waals surface area contributed by atoms with Crippen LogP contribution in [0.1, 0.15) is 16.3 Å². The van der Waals surface area contributed by atoms with Gasteiger partial charge in [-0.1, -0.05) is 18.2 Å². The number of hydrogen-bond acceptors (Lipinski definition) is 5. The molecule has 0 spiro atoms. The lowest BCUT2D eigenvalue weighted by molar-refractivity contribution is -0.922. The molecule has 25 heavy (non-hydrogen) atoms. The van der Waals surface area contributed by atoms with E-state index in [1.165, 1.54) is 15.3 Å². The van der Waals surface area contributed by atoms with Gasteiger partial charge in [-0.05, 0) is 31.5 Å². The summed E-state index contributed by atoms with van der Waals surface area (Å²) < 4.78 is 11.6. The highest BCUT2D eigenvalue weighted by Gasteiger charge is 2.20. The van der Waals surface area contributed by atoms with Gasteiger partial charge in [0.1, 0.15) is 30.2 Å². The molecule has 4 rings (SSSR count). The number of fused-ring (bicyclic) bond motifs is 1. The molecule has 5 nitrogen and oxygen atoms in total. The Labute approximate surface area is 151 Å². The van der Waals surface area contributed by atoms with Crippen LogP contribution < -0.4 is 9.64 Å². The van der Waals surface area contributed by atoms with E-state index in [9.17, 15) is 0 Å². The maximum absolute atomic E-state index is 6.14. The van der Waals surface area contributed by atoms with Gasteiger partial charge in [0.25, 0.3) is 0 Å². The zero-order chi connectivity index (χ0) is 17.2. The predicted octanol–water partition coefficient (Wildman–Crippen LogP) is 2.52. The fraction of sp³-hybridized carbons (Fsp3) is 0.368. The van der Waals surface area contributed by atoms with Crippen LogP contribution in [-0.2, 0) is 11.3 Å². The van der Waals surface area contributed by atoms with Crippen molar-refractivity contribution < 1.29 is 14.4 Å². The Bertz CT molecular complexity index is 873.